The number of aliphatic carboxylic acids is 1. The number of carbonyl (C=O) groups excluding carboxylic acids is 1. The summed E-state index contributed by atoms with van der Waals surface area (Å²) in [6.07, 6.45) is 0. The zero-order valence-corrected chi connectivity index (χ0v) is 10.6. The molecule has 1 aromatic carbocycles. The second kappa shape index (κ2) is 6.98. The van der Waals surface area contributed by atoms with Gasteiger partial charge in [-0.25, -0.2) is 4.79 Å². The third-order valence-electron chi connectivity index (χ3n) is 2.21. The Morgan fingerprint density at radius 1 is 1.33 bits per heavy atom. The Morgan fingerprint density at radius 2 is 1.94 bits per heavy atom. The standard InChI is InChI=1S/C12H14ClNO4/c1-8(9-2-4-10(13)5-3-9)14-11(15)6-18-7-12(16)17/h2-5,8H,6-7H2,1H3,(H,14,15)(H,16,17)/t8-/m1/s1. The Labute approximate surface area is 110 Å². The zero-order chi connectivity index (χ0) is 13.5. The first-order valence-electron chi connectivity index (χ1n) is 5.33. The molecule has 1 rings (SSSR count). The van der Waals surface area contributed by atoms with E-state index in [0.717, 1.165) is 5.56 Å². The monoisotopic (exact) mass is 271 g/mol. The van der Waals surface area contributed by atoms with Crippen molar-refractivity contribution in [2.45, 2.75) is 13.0 Å². The normalized spacial score (nSPS) is 11.9. The van der Waals surface area contributed by atoms with Crippen LogP contribution < -0.4 is 5.32 Å². The van der Waals surface area contributed by atoms with E-state index in [-0.39, 0.29) is 18.6 Å². The van der Waals surface area contributed by atoms with E-state index in [1.165, 1.54) is 0 Å². The molecule has 2 N–H and O–H groups in total. The quantitative estimate of drug-likeness (QED) is 0.824. The molecule has 0 saturated heterocycles. The van der Waals surface area contributed by atoms with Crippen LogP contribution in [0.4, 0.5) is 0 Å². The van der Waals surface area contributed by atoms with E-state index in [1.54, 1.807) is 12.1 Å². The van der Waals surface area contributed by atoms with Gasteiger partial charge < -0.3 is 15.2 Å². The van der Waals surface area contributed by atoms with Gasteiger partial charge in [0, 0.05) is 5.02 Å². The maximum atomic E-state index is 11.4. The van der Waals surface area contributed by atoms with Crippen molar-refractivity contribution in [3.63, 3.8) is 0 Å². The van der Waals surface area contributed by atoms with E-state index in [2.05, 4.69) is 10.1 Å². The lowest BCUT2D eigenvalue weighted by Gasteiger charge is -2.14. The van der Waals surface area contributed by atoms with Gasteiger partial charge in [0.1, 0.15) is 13.2 Å². The lowest BCUT2D eigenvalue weighted by atomic mass is 10.1. The van der Waals surface area contributed by atoms with Gasteiger partial charge in [-0.2, -0.15) is 0 Å². The van der Waals surface area contributed by atoms with Gasteiger partial charge in [-0.05, 0) is 24.6 Å². The van der Waals surface area contributed by atoms with Crippen molar-refractivity contribution < 1.29 is 19.4 Å². The first-order valence-corrected chi connectivity index (χ1v) is 5.71. The number of benzene rings is 1. The van der Waals surface area contributed by atoms with Gasteiger partial charge in [-0.1, -0.05) is 23.7 Å². The fraction of sp³-hybridized carbons (Fsp3) is 0.333. The highest BCUT2D eigenvalue weighted by molar-refractivity contribution is 6.30. The molecule has 0 heterocycles. The van der Waals surface area contributed by atoms with Gasteiger partial charge >= 0.3 is 5.97 Å². The Morgan fingerprint density at radius 3 is 2.50 bits per heavy atom. The molecule has 1 aromatic rings. The van der Waals surface area contributed by atoms with E-state index in [0.29, 0.717) is 5.02 Å². The average molecular weight is 272 g/mol. The Hall–Kier alpha value is -1.59. The number of carboxylic acid groups (broad SMARTS) is 1. The summed E-state index contributed by atoms with van der Waals surface area (Å²) >= 11 is 5.76. The third-order valence-corrected chi connectivity index (χ3v) is 2.46. The third kappa shape index (κ3) is 5.16. The molecule has 0 fully saturated rings. The van der Waals surface area contributed by atoms with Crippen molar-refractivity contribution in [3.05, 3.63) is 34.9 Å². The molecule has 1 amide bonds. The van der Waals surface area contributed by atoms with Crippen LogP contribution in [-0.2, 0) is 14.3 Å². The molecule has 0 bridgehead atoms. The minimum absolute atomic E-state index is 0.191. The molecular formula is C12H14ClNO4. The SMILES string of the molecule is C[C@@H](NC(=O)COCC(=O)O)c1ccc(Cl)cc1. The molecule has 6 heteroatoms. The van der Waals surface area contributed by atoms with Crippen molar-refractivity contribution in [1.82, 2.24) is 5.32 Å². The molecule has 1 atom stereocenters. The molecule has 0 saturated carbocycles. The predicted octanol–water partition coefficient (Wildman–Crippen LogP) is 1.62. The largest absolute Gasteiger partial charge is 0.480 e. The maximum absolute atomic E-state index is 11.4. The lowest BCUT2D eigenvalue weighted by molar-refractivity contribution is -0.143. The molecule has 0 radical (unpaired) electrons. The van der Waals surface area contributed by atoms with E-state index in [1.807, 2.05) is 19.1 Å². The highest BCUT2D eigenvalue weighted by atomic mass is 35.5. The topological polar surface area (TPSA) is 75.6 Å². The van der Waals surface area contributed by atoms with Crippen LogP contribution in [0, 0.1) is 0 Å². The van der Waals surface area contributed by atoms with Crippen molar-refractivity contribution in [2.75, 3.05) is 13.2 Å². The van der Waals surface area contributed by atoms with Crippen LogP contribution in [0.5, 0.6) is 0 Å². The van der Waals surface area contributed by atoms with Crippen LogP contribution in [0.15, 0.2) is 24.3 Å². The number of hydrogen-bond acceptors (Lipinski definition) is 3. The number of rotatable bonds is 6. The predicted molar refractivity (Wildman–Crippen MR) is 66.5 cm³/mol. The number of carbonyl (C=O) groups is 2. The first kappa shape index (κ1) is 14.5. The second-order valence-electron chi connectivity index (χ2n) is 3.73. The Kier molecular flexibility index (Phi) is 5.61. The van der Waals surface area contributed by atoms with Gasteiger partial charge in [0.05, 0.1) is 6.04 Å². The molecule has 0 unspecified atom stereocenters. The summed E-state index contributed by atoms with van der Waals surface area (Å²) < 4.78 is 4.68. The summed E-state index contributed by atoms with van der Waals surface area (Å²) in [5.74, 6) is -1.47. The fourth-order valence-electron chi connectivity index (χ4n) is 1.35. The number of ether oxygens (including phenoxy) is 1. The summed E-state index contributed by atoms with van der Waals surface area (Å²) in [6, 6.07) is 6.90. The molecular weight excluding hydrogens is 258 g/mol. The van der Waals surface area contributed by atoms with Crippen molar-refractivity contribution in [1.29, 1.82) is 0 Å². The van der Waals surface area contributed by atoms with Gasteiger partial charge in [0.15, 0.2) is 0 Å². The summed E-state index contributed by atoms with van der Waals surface area (Å²) in [7, 11) is 0. The van der Waals surface area contributed by atoms with Crippen molar-refractivity contribution >= 4 is 23.5 Å². The van der Waals surface area contributed by atoms with E-state index in [9.17, 15) is 9.59 Å². The molecule has 0 aromatic heterocycles. The molecule has 5 nitrogen and oxygen atoms in total. The molecule has 0 aliphatic rings. The lowest BCUT2D eigenvalue weighted by Crippen LogP contribution is -2.30. The summed E-state index contributed by atoms with van der Waals surface area (Å²) in [5, 5.41) is 11.7. The Balaban J connectivity index is 2.39. The van der Waals surface area contributed by atoms with Crippen LogP contribution in [0.2, 0.25) is 5.02 Å². The minimum Gasteiger partial charge on any atom is -0.480 e. The molecule has 98 valence electrons. The number of nitrogens with one attached hydrogen (secondary N) is 1. The van der Waals surface area contributed by atoms with Crippen LogP contribution >= 0.6 is 11.6 Å². The fourth-order valence-corrected chi connectivity index (χ4v) is 1.47. The molecule has 0 aliphatic heterocycles. The van der Waals surface area contributed by atoms with Crippen LogP contribution in [-0.4, -0.2) is 30.2 Å². The van der Waals surface area contributed by atoms with Gasteiger partial charge in [0.2, 0.25) is 5.91 Å². The van der Waals surface area contributed by atoms with E-state index < -0.39 is 12.6 Å². The van der Waals surface area contributed by atoms with Crippen LogP contribution in [0.1, 0.15) is 18.5 Å². The highest BCUT2D eigenvalue weighted by Crippen LogP contribution is 2.15. The minimum atomic E-state index is -1.10. The average Bonchev–Trinajstić information content (AvgIpc) is 2.29. The molecule has 0 spiro atoms. The summed E-state index contributed by atoms with van der Waals surface area (Å²) in [5.41, 5.74) is 0.908. The summed E-state index contributed by atoms with van der Waals surface area (Å²) in [6.45, 7) is 1.06. The number of hydrogen-bond donors (Lipinski definition) is 2. The molecule has 0 aliphatic carbocycles. The number of carboxylic acids is 1. The van der Waals surface area contributed by atoms with Crippen LogP contribution in [0.25, 0.3) is 0 Å². The van der Waals surface area contributed by atoms with Crippen molar-refractivity contribution in [2.24, 2.45) is 0 Å². The Bertz CT molecular complexity index is 419. The van der Waals surface area contributed by atoms with Gasteiger partial charge in [0.25, 0.3) is 0 Å². The number of amides is 1. The summed E-state index contributed by atoms with van der Waals surface area (Å²) in [4.78, 5) is 21.6. The smallest absolute Gasteiger partial charge is 0.329 e. The van der Waals surface area contributed by atoms with Crippen molar-refractivity contribution in [3.8, 4) is 0 Å². The van der Waals surface area contributed by atoms with Gasteiger partial charge in [-0.3, -0.25) is 4.79 Å². The van der Waals surface area contributed by atoms with Gasteiger partial charge in [-0.15, -0.1) is 0 Å². The highest BCUT2D eigenvalue weighted by Gasteiger charge is 2.10. The van der Waals surface area contributed by atoms with E-state index in [4.69, 9.17) is 16.7 Å². The second-order valence-corrected chi connectivity index (χ2v) is 4.16. The number of halogens is 1. The maximum Gasteiger partial charge on any atom is 0.329 e. The van der Waals surface area contributed by atoms with Crippen LogP contribution in [0.3, 0.4) is 0 Å². The van der Waals surface area contributed by atoms with E-state index >= 15 is 0 Å². The first-order chi connectivity index (χ1) is 8.49. The molecule has 18 heavy (non-hydrogen) atoms. The zero-order valence-electron chi connectivity index (χ0n) is 9.85.